The molecule has 0 atom stereocenters. The second-order valence-corrected chi connectivity index (χ2v) is 5.17. The fraction of sp³-hybridized carbons (Fsp3) is 0.500. The van der Waals surface area contributed by atoms with Gasteiger partial charge >= 0.3 is 0 Å². The van der Waals surface area contributed by atoms with Gasteiger partial charge in [0.1, 0.15) is 0 Å². The van der Waals surface area contributed by atoms with E-state index < -0.39 is 0 Å². The third-order valence-corrected chi connectivity index (χ3v) is 3.67. The van der Waals surface area contributed by atoms with Gasteiger partial charge in [-0.2, -0.15) is 26.3 Å². The van der Waals surface area contributed by atoms with Crippen LogP contribution in [0.25, 0.3) is 11.4 Å². The van der Waals surface area contributed by atoms with Gasteiger partial charge in [0.05, 0.1) is 0 Å². The van der Waals surface area contributed by atoms with Crippen molar-refractivity contribution >= 4 is 23.2 Å². The Hall–Kier alpha value is -1.69. The summed E-state index contributed by atoms with van der Waals surface area (Å²) in [7, 11) is 0. The molecule has 2 heterocycles. The Balaban J connectivity index is 2.38. The predicted octanol–water partition coefficient (Wildman–Crippen LogP) is 3.27. The van der Waals surface area contributed by atoms with Gasteiger partial charge in [0.25, 0.3) is 0 Å². The van der Waals surface area contributed by atoms with Crippen molar-refractivity contribution in [1.29, 1.82) is 0 Å². The lowest BCUT2D eigenvalue weighted by Gasteiger charge is -2.19. The van der Waals surface area contributed by atoms with E-state index in [1.165, 1.54) is 0 Å². The first-order valence-electron chi connectivity index (χ1n) is 7.05. The van der Waals surface area contributed by atoms with Crippen LogP contribution >= 0.6 is 11.3 Å². The third-order valence-electron chi connectivity index (χ3n) is 2.98. The van der Waals surface area contributed by atoms with Gasteiger partial charge in [-0.1, -0.05) is 6.92 Å². The van der Waals surface area contributed by atoms with Crippen LogP contribution in [-0.4, -0.2) is 34.6 Å². The van der Waals surface area contributed by atoms with E-state index in [-0.39, 0.29) is 0 Å². The number of hydrogen-bond acceptors (Lipinski definition) is 6. The van der Waals surface area contributed by atoms with Gasteiger partial charge < -0.3 is 10.2 Å². The van der Waals surface area contributed by atoms with Gasteiger partial charge in [-0.3, -0.25) is 0 Å². The topological polar surface area (TPSA) is 53.9 Å². The van der Waals surface area contributed by atoms with E-state index in [0.29, 0.717) is 5.95 Å². The van der Waals surface area contributed by atoms with Crippen molar-refractivity contribution in [1.82, 2.24) is 15.0 Å². The van der Waals surface area contributed by atoms with Crippen molar-refractivity contribution in [3.8, 4) is 11.4 Å². The van der Waals surface area contributed by atoms with Crippen LogP contribution in [0, 0.1) is 0 Å². The normalized spacial score (nSPS) is 10.6. The van der Waals surface area contributed by atoms with Crippen LogP contribution in [0.3, 0.4) is 0 Å². The average molecular weight is 291 g/mol. The van der Waals surface area contributed by atoms with Crippen LogP contribution in [-0.2, 0) is 0 Å². The molecule has 5 nitrogen and oxygen atoms in total. The summed E-state index contributed by atoms with van der Waals surface area (Å²) in [6, 6.07) is 2.04. The van der Waals surface area contributed by atoms with Gasteiger partial charge in [0, 0.05) is 30.6 Å². The van der Waals surface area contributed by atoms with Crippen LogP contribution in [0.15, 0.2) is 16.8 Å². The van der Waals surface area contributed by atoms with Crippen LogP contribution < -0.4 is 10.2 Å². The number of anilines is 2. The Morgan fingerprint density at radius 3 is 2.55 bits per heavy atom. The molecule has 0 radical (unpaired) electrons. The van der Waals surface area contributed by atoms with Crippen LogP contribution in [0.2, 0.25) is 0 Å². The summed E-state index contributed by atoms with van der Waals surface area (Å²) in [6.45, 7) is 8.98. The van der Waals surface area contributed by atoms with Crippen molar-refractivity contribution in [3.05, 3.63) is 16.8 Å². The Labute approximate surface area is 124 Å². The molecule has 0 unspecified atom stereocenters. The highest BCUT2D eigenvalue weighted by Gasteiger charge is 2.12. The lowest BCUT2D eigenvalue weighted by Crippen LogP contribution is -2.25. The number of aromatic nitrogens is 3. The highest BCUT2D eigenvalue weighted by atomic mass is 32.1. The molecule has 0 aliphatic heterocycles. The highest BCUT2D eigenvalue weighted by Crippen LogP contribution is 2.21. The number of nitrogens with zero attached hydrogens (tertiary/aromatic N) is 4. The van der Waals surface area contributed by atoms with Gasteiger partial charge in [-0.05, 0) is 31.7 Å². The maximum absolute atomic E-state index is 4.60. The lowest BCUT2D eigenvalue weighted by molar-refractivity contribution is 0.812. The zero-order chi connectivity index (χ0) is 14.4. The molecule has 1 N–H and O–H groups in total. The molecule has 0 amide bonds. The standard InChI is InChI=1S/C14H21N5S/c1-4-8-15-13-16-12(11-7-9-20-10-11)17-14(18-13)19(5-2)6-3/h7,9-10H,4-6,8H2,1-3H3,(H,15,16,17,18). The molecular formula is C14H21N5S. The van der Waals surface area contributed by atoms with Gasteiger partial charge in [0.2, 0.25) is 11.9 Å². The minimum atomic E-state index is 0.657. The summed E-state index contributed by atoms with van der Waals surface area (Å²) >= 11 is 1.65. The summed E-state index contributed by atoms with van der Waals surface area (Å²) in [6.07, 6.45) is 1.04. The zero-order valence-corrected chi connectivity index (χ0v) is 13.1. The molecule has 6 heteroatoms. The first-order chi connectivity index (χ1) is 9.78. The van der Waals surface area contributed by atoms with Crippen molar-refractivity contribution in [3.63, 3.8) is 0 Å². The molecule has 0 aromatic carbocycles. The molecule has 2 aromatic heterocycles. The summed E-state index contributed by atoms with van der Waals surface area (Å²) < 4.78 is 0. The first kappa shape index (κ1) is 14.7. The first-order valence-corrected chi connectivity index (χ1v) is 8.00. The van der Waals surface area contributed by atoms with Gasteiger partial charge in [-0.15, -0.1) is 0 Å². The summed E-state index contributed by atoms with van der Waals surface area (Å²) in [5.74, 6) is 2.14. The maximum Gasteiger partial charge on any atom is 0.230 e. The SMILES string of the molecule is CCCNc1nc(-c2ccsc2)nc(N(CC)CC)n1. The van der Waals surface area contributed by atoms with Crippen molar-refractivity contribution in [2.75, 3.05) is 29.9 Å². The molecule has 0 saturated carbocycles. The fourth-order valence-corrected chi connectivity index (χ4v) is 2.48. The molecule has 0 aliphatic rings. The van der Waals surface area contributed by atoms with Gasteiger partial charge in [0.15, 0.2) is 5.82 Å². The molecule has 0 spiro atoms. The highest BCUT2D eigenvalue weighted by molar-refractivity contribution is 7.08. The van der Waals surface area contributed by atoms with E-state index in [2.05, 4.69) is 51.3 Å². The van der Waals surface area contributed by atoms with Crippen molar-refractivity contribution in [2.45, 2.75) is 27.2 Å². The van der Waals surface area contributed by atoms with Crippen LogP contribution in [0.5, 0.6) is 0 Å². The predicted molar refractivity (Wildman–Crippen MR) is 85.5 cm³/mol. The molecule has 0 aliphatic carbocycles. The van der Waals surface area contributed by atoms with Crippen LogP contribution in [0.1, 0.15) is 27.2 Å². The van der Waals surface area contributed by atoms with E-state index in [4.69, 9.17) is 0 Å². The largest absolute Gasteiger partial charge is 0.354 e. The monoisotopic (exact) mass is 291 g/mol. The minimum Gasteiger partial charge on any atom is -0.354 e. The number of thiophene rings is 1. The molecule has 2 aromatic rings. The number of nitrogens with one attached hydrogen (secondary N) is 1. The van der Waals surface area contributed by atoms with Crippen LogP contribution in [0.4, 0.5) is 11.9 Å². The number of rotatable bonds is 7. The van der Waals surface area contributed by atoms with E-state index >= 15 is 0 Å². The zero-order valence-electron chi connectivity index (χ0n) is 12.3. The molecule has 20 heavy (non-hydrogen) atoms. The summed E-state index contributed by atoms with van der Waals surface area (Å²) in [5.41, 5.74) is 1.05. The van der Waals surface area contributed by atoms with Gasteiger partial charge in [-0.25, -0.2) is 0 Å². The summed E-state index contributed by atoms with van der Waals surface area (Å²) in [4.78, 5) is 15.8. The Morgan fingerprint density at radius 2 is 1.95 bits per heavy atom. The third kappa shape index (κ3) is 3.45. The molecule has 0 saturated heterocycles. The fourth-order valence-electron chi connectivity index (χ4n) is 1.85. The summed E-state index contributed by atoms with van der Waals surface area (Å²) in [5, 5.41) is 7.35. The quantitative estimate of drug-likeness (QED) is 0.848. The van der Waals surface area contributed by atoms with E-state index in [1.807, 2.05) is 11.4 Å². The molecular weight excluding hydrogens is 270 g/mol. The Morgan fingerprint density at radius 1 is 1.15 bits per heavy atom. The minimum absolute atomic E-state index is 0.657. The van der Waals surface area contributed by atoms with E-state index in [9.17, 15) is 0 Å². The molecule has 0 fully saturated rings. The Bertz CT molecular complexity index is 522. The molecule has 2 rings (SSSR count). The Kier molecular flexibility index (Phi) is 5.29. The van der Waals surface area contributed by atoms with Crippen molar-refractivity contribution < 1.29 is 0 Å². The van der Waals surface area contributed by atoms with Crippen molar-refractivity contribution in [2.24, 2.45) is 0 Å². The lowest BCUT2D eigenvalue weighted by atomic mass is 10.3. The molecule has 108 valence electrons. The maximum atomic E-state index is 4.60. The second-order valence-electron chi connectivity index (χ2n) is 4.39. The smallest absolute Gasteiger partial charge is 0.230 e. The molecule has 0 bridgehead atoms. The second kappa shape index (κ2) is 7.19. The van der Waals surface area contributed by atoms with E-state index in [0.717, 1.165) is 43.4 Å². The number of hydrogen-bond donors (Lipinski definition) is 1. The van der Waals surface area contributed by atoms with E-state index in [1.54, 1.807) is 11.3 Å². The average Bonchev–Trinajstić information content (AvgIpc) is 3.00.